The molecule has 0 aromatic heterocycles. The molecular formula is C15H13BrN2O3. The fourth-order valence-electron chi connectivity index (χ4n) is 1.78. The van der Waals surface area contributed by atoms with Crippen molar-refractivity contribution in [3.8, 4) is 11.5 Å². The van der Waals surface area contributed by atoms with Gasteiger partial charge >= 0.3 is 0 Å². The van der Waals surface area contributed by atoms with E-state index in [9.17, 15) is 15.0 Å². The van der Waals surface area contributed by atoms with Gasteiger partial charge in [0.2, 0.25) is 0 Å². The van der Waals surface area contributed by atoms with E-state index in [1.54, 1.807) is 25.1 Å². The smallest absolute Gasteiger partial charge is 0.271 e. The van der Waals surface area contributed by atoms with E-state index in [1.807, 2.05) is 6.07 Å². The van der Waals surface area contributed by atoms with Crippen molar-refractivity contribution in [1.29, 1.82) is 0 Å². The molecule has 0 atom stereocenters. The van der Waals surface area contributed by atoms with E-state index < -0.39 is 0 Å². The lowest BCUT2D eigenvalue weighted by Crippen LogP contribution is -2.17. The Bertz CT molecular complexity index is 691. The number of carbonyl (C=O) groups is 1. The van der Waals surface area contributed by atoms with E-state index in [0.29, 0.717) is 16.7 Å². The van der Waals surface area contributed by atoms with Crippen molar-refractivity contribution in [2.45, 2.75) is 6.92 Å². The highest BCUT2D eigenvalue weighted by Crippen LogP contribution is 2.25. The zero-order valence-corrected chi connectivity index (χ0v) is 12.8. The van der Waals surface area contributed by atoms with E-state index in [1.165, 1.54) is 18.3 Å². The Morgan fingerprint density at radius 1 is 1.29 bits per heavy atom. The molecule has 0 aliphatic rings. The van der Waals surface area contributed by atoms with Crippen LogP contribution in [0.4, 0.5) is 0 Å². The molecule has 0 aliphatic carbocycles. The van der Waals surface area contributed by atoms with Crippen LogP contribution in [0.1, 0.15) is 21.5 Å². The molecular weight excluding hydrogens is 336 g/mol. The third kappa shape index (κ3) is 3.82. The number of phenolic OH excluding ortho intramolecular Hbond substituents is 2. The Kier molecular flexibility index (Phi) is 4.59. The summed E-state index contributed by atoms with van der Waals surface area (Å²) in [5.74, 6) is -0.489. The molecule has 0 spiro atoms. The Morgan fingerprint density at radius 3 is 2.71 bits per heavy atom. The average molecular weight is 349 g/mol. The van der Waals surface area contributed by atoms with Crippen LogP contribution in [0.5, 0.6) is 11.5 Å². The molecule has 1 amide bonds. The van der Waals surface area contributed by atoms with E-state index >= 15 is 0 Å². The summed E-state index contributed by atoms with van der Waals surface area (Å²) in [6.45, 7) is 1.72. The van der Waals surface area contributed by atoms with Crippen LogP contribution in [0, 0.1) is 6.92 Å². The summed E-state index contributed by atoms with van der Waals surface area (Å²) in [6, 6.07) is 9.62. The Morgan fingerprint density at radius 2 is 2.05 bits per heavy atom. The number of amides is 1. The fourth-order valence-corrected chi connectivity index (χ4v) is 2.18. The number of nitrogens with zero attached hydrogens (tertiary/aromatic N) is 1. The minimum atomic E-state index is -0.358. The molecule has 108 valence electrons. The summed E-state index contributed by atoms with van der Waals surface area (Å²) in [4.78, 5) is 11.9. The second kappa shape index (κ2) is 6.41. The molecule has 3 N–H and O–H groups in total. The van der Waals surface area contributed by atoms with Gasteiger partial charge in [-0.05, 0) is 36.8 Å². The molecule has 0 fully saturated rings. The van der Waals surface area contributed by atoms with E-state index in [0.717, 1.165) is 4.47 Å². The summed E-state index contributed by atoms with van der Waals surface area (Å²) in [5.41, 5.74) is 3.92. The summed E-state index contributed by atoms with van der Waals surface area (Å²) in [7, 11) is 0. The second-order valence-corrected chi connectivity index (χ2v) is 5.32. The molecule has 0 unspecified atom stereocenters. The number of carbonyl (C=O) groups excluding carboxylic acids is 1. The number of hydrogen-bond acceptors (Lipinski definition) is 4. The molecule has 21 heavy (non-hydrogen) atoms. The van der Waals surface area contributed by atoms with Crippen molar-refractivity contribution in [2.24, 2.45) is 5.10 Å². The molecule has 2 aromatic carbocycles. The standard InChI is InChI=1S/C15H13BrN2O3/c1-9-5-12(19)7-14(20)13(9)8-17-18-15(21)10-3-2-4-11(16)6-10/h2-8,19-20H,1H3,(H,18,21)/b17-8+. The lowest BCUT2D eigenvalue weighted by atomic mass is 10.1. The SMILES string of the molecule is Cc1cc(O)cc(O)c1/C=N/NC(=O)c1cccc(Br)c1. The maximum atomic E-state index is 11.9. The third-order valence-electron chi connectivity index (χ3n) is 2.80. The molecule has 5 nitrogen and oxygen atoms in total. The van der Waals surface area contributed by atoms with Gasteiger partial charge < -0.3 is 10.2 Å². The van der Waals surface area contributed by atoms with Crippen LogP contribution in [-0.4, -0.2) is 22.3 Å². The summed E-state index contributed by atoms with van der Waals surface area (Å²) in [6.07, 6.45) is 1.33. The van der Waals surface area contributed by atoms with Crippen LogP contribution in [-0.2, 0) is 0 Å². The molecule has 2 aromatic rings. The highest BCUT2D eigenvalue weighted by molar-refractivity contribution is 9.10. The normalized spacial score (nSPS) is 10.8. The van der Waals surface area contributed by atoms with Crippen molar-refractivity contribution in [2.75, 3.05) is 0 Å². The number of benzene rings is 2. The molecule has 0 radical (unpaired) electrons. The van der Waals surface area contributed by atoms with Gasteiger partial charge in [-0.1, -0.05) is 22.0 Å². The van der Waals surface area contributed by atoms with Crippen LogP contribution < -0.4 is 5.43 Å². The first-order chi connectivity index (χ1) is 9.97. The Labute approximate surface area is 130 Å². The van der Waals surface area contributed by atoms with E-state index in [2.05, 4.69) is 26.5 Å². The second-order valence-electron chi connectivity index (χ2n) is 4.40. The Hall–Kier alpha value is -2.34. The number of hydrazone groups is 1. The zero-order chi connectivity index (χ0) is 15.4. The van der Waals surface area contributed by atoms with Gasteiger partial charge in [0.25, 0.3) is 5.91 Å². The largest absolute Gasteiger partial charge is 0.508 e. The van der Waals surface area contributed by atoms with Gasteiger partial charge in [-0.15, -0.1) is 0 Å². The van der Waals surface area contributed by atoms with Gasteiger partial charge in [0.05, 0.1) is 6.21 Å². The number of rotatable bonds is 3. The number of phenols is 2. The van der Waals surface area contributed by atoms with Crippen LogP contribution >= 0.6 is 15.9 Å². The predicted molar refractivity (Wildman–Crippen MR) is 83.7 cm³/mol. The van der Waals surface area contributed by atoms with Gasteiger partial charge in [0, 0.05) is 21.7 Å². The molecule has 0 heterocycles. The third-order valence-corrected chi connectivity index (χ3v) is 3.29. The summed E-state index contributed by atoms with van der Waals surface area (Å²) < 4.78 is 0.797. The monoisotopic (exact) mass is 348 g/mol. The number of hydrogen-bond donors (Lipinski definition) is 3. The highest BCUT2D eigenvalue weighted by atomic mass is 79.9. The van der Waals surface area contributed by atoms with Gasteiger partial charge in [-0.3, -0.25) is 4.79 Å². The van der Waals surface area contributed by atoms with Crippen molar-refractivity contribution < 1.29 is 15.0 Å². The van der Waals surface area contributed by atoms with E-state index in [-0.39, 0.29) is 17.4 Å². The van der Waals surface area contributed by atoms with Crippen LogP contribution in [0.3, 0.4) is 0 Å². The molecule has 0 saturated heterocycles. The minimum absolute atomic E-state index is 0.0275. The highest BCUT2D eigenvalue weighted by Gasteiger charge is 2.06. The zero-order valence-electron chi connectivity index (χ0n) is 11.2. The minimum Gasteiger partial charge on any atom is -0.508 e. The first kappa shape index (κ1) is 15.1. The quantitative estimate of drug-likeness (QED) is 0.589. The van der Waals surface area contributed by atoms with Crippen LogP contribution in [0.15, 0.2) is 46.0 Å². The van der Waals surface area contributed by atoms with Crippen molar-refractivity contribution in [3.05, 3.63) is 57.6 Å². The van der Waals surface area contributed by atoms with Crippen molar-refractivity contribution in [3.63, 3.8) is 0 Å². The molecule has 0 bridgehead atoms. The lowest BCUT2D eigenvalue weighted by Gasteiger charge is -2.04. The van der Waals surface area contributed by atoms with Crippen LogP contribution in [0.2, 0.25) is 0 Å². The van der Waals surface area contributed by atoms with Crippen molar-refractivity contribution >= 4 is 28.1 Å². The molecule has 2 rings (SSSR count). The van der Waals surface area contributed by atoms with Crippen LogP contribution in [0.25, 0.3) is 0 Å². The molecule has 0 aliphatic heterocycles. The van der Waals surface area contributed by atoms with Gasteiger partial charge in [-0.25, -0.2) is 5.43 Å². The van der Waals surface area contributed by atoms with Gasteiger partial charge in [0.1, 0.15) is 11.5 Å². The van der Waals surface area contributed by atoms with Gasteiger partial charge in [-0.2, -0.15) is 5.10 Å². The average Bonchev–Trinajstić information content (AvgIpc) is 2.41. The first-order valence-electron chi connectivity index (χ1n) is 6.09. The number of nitrogens with one attached hydrogen (secondary N) is 1. The molecule has 6 heteroatoms. The number of aryl methyl sites for hydroxylation is 1. The summed E-state index contributed by atoms with van der Waals surface area (Å²) in [5, 5.41) is 22.9. The Balaban J connectivity index is 2.11. The maximum Gasteiger partial charge on any atom is 0.271 e. The van der Waals surface area contributed by atoms with E-state index in [4.69, 9.17) is 0 Å². The maximum absolute atomic E-state index is 11.9. The predicted octanol–water partition coefficient (Wildman–Crippen LogP) is 2.93. The number of halogens is 1. The van der Waals surface area contributed by atoms with Crippen molar-refractivity contribution in [1.82, 2.24) is 5.43 Å². The van der Waals surface area contributed by atoms with Gasteiger partial charge in [0.15, 0.2) is 0 Å². The molecule has 0 saturated carbocycles. The topological polar surface area (TPSA) is 81.9 Å². The lowest BCUT2D eigenvalue weighted by molar-refractivity contribution is 0.0955. The summed E-state index contributed by atoms with van der Waals surface area (Å²) >= 11 is 3.29. The fraction of sp³-hybridized carbons (Fsp3) is 0.0667. The first-order valence-corrected chi connectivity index (χ1v) is 6.88. The number of aromatic hydroxyl groups is 2.